The van der Waals surface area contributed by atoms with Crippen molar-refractivity contribution in [2.75, 3.05) is 5.32 Å². The Morgan fingerprint density at radius 3 is 2.73 bits per heavy atom. The van der Waals surface area contributed by atoms with Gasteiger partial charge in [0.25, 0.3) is 5.91 Å². The molecule has 0 atom stereocenters. The summed E-state index contributed by atoms with van der Waals surface area (Å²) in [5.74, 6) is -0.0836. The monoisotopic (exact) mass is 413 g/mol. The number of nitrogens with zero attached hydrogens (tertiary/aromatic N) is 4. The molecule has 4 aromatic rings. The van der Waals surface area contributed by atoms with E-state index in [4.69, 9.17) is 4.52 Å². The van der Waals surface area contributed by atoms with Crippen LogP contribution in [0.3, 0.4) is 0 Å². The molecule has 0 fully saturated rings. The summed E-state index contributed by atoms with van der Waals surface area (Å²) in [4.78, 5) is 16.9. The Balaban J connectivity index is 1.67. The van der Waals surface area contributed by atoms with Gasteiger partial charge >= 0.3 is 6.18 Å². The van der Waals surface area contributed by atoms with Crippen LogP contribution in [0.4, 0.5) is 19.0 Å². The van der Waals surface area contributed by atoms with Gasteiger partial charge < -0.3 is 9.84 Å². The lowest BCUT2D eigenvalue weighted by atomic mass is 9.88. The van der Waals surface area contributed by atoms with Crippen LogP contribution in [-0.2, 0) is 19.0 Å². The average molecular weight is 413 g/mol. The summed E-state index contributed by atoms with van der Waals surface area (Å²) in [6.07, 6.45) is -4.01. The highest BCUT2D eigenvalue weighted by molar-refractivity contribution is 6.03. The van der Waals surface area contributed by atoms with Crippen LogP contribution in [-0.4, -0.2) is 25.7 Å². The molecule has 5 rings (SSSR count). The number of anilines is 1. The molecule has 0 aliphatic heterocycles. The number of aromatic nitrogens is 4. The number of rotatable bonds is 2. The summed E-state index contributed by atoms with van der Waals surface area (Å²) >= 11 is 0. The predicted octanol–water partition coefficient (Wildman–Crippen LogP) is 4.06. The maximum absolute atomic E-state index is 14.0. The summed E-state index contributed by atoms with van der Waals surface area (Å²) in [5, 5.41) is 10.0. The number of carbonyl (C=O) groups excluding carboxylic acids is 1. The van der Waals surface area contributed by atoms with Crippen molar-refractivity contribution in [2.24, 2.45) is 0 Å². The van der Waals surface area contributed by atoms with Gasteiger partial charge in [0.1, 0.15) is 5.76 Å². The van der Waals surface area contributed by atoms with Crippen molar-refractivity contribution >= 4 is 17.4 Å². The molecule has 1 aliphatic carbocycles. The third-order valence-corrected chi connectivity index (χ3v) is 4.99. The fraction of sp³-hybridized carbons (Fsp3) is 0.200. The first-order valence-electron chi connectivity index (χ1n) is 9.14. The van der Waals surface area contributed by atoms with Crippen LogP contribution in [0, 0.1) is 6.92 Å². The molecular weight excluding hydrogens is 399 g/mol. The highest BCUT2D eigenvalue weighted by Crippen LogP contribution is 2.40. The van der Waals surface area contributed by atoms with Crippen molar-refractivity contribution in [1.29, 1.82) is 0 Å². The molecule has 0 radical (unpaired) electrons. The van der Waals surface area contributed by atoms with Gasteiger partial charge in [0.15, 0.2) is 22.9 Å². The maximum Gasteiger partial charge on any atom is 0.433 e. The molecule has 152 valence electrons. The maximum atomic E-state index is 14.0. The Morgan fingerprint density at radius 1 is 1.20 bits per heavy atom. The number of amides is 1. The van der Waals surface area contributed by atoms with E-state index in [-0.39, 0.29) is 34.8 Å². The second kappa shape index (κ2) is 6.41. The van der Waals surface area contributed by atoms with Crippen LogP contribution in [0.5, 0.6) is 0 Å². The third kappa shape index (κ3) is 2.92. The molecule has 10 heteroatoms. The van der Waals surface area contributed by atoms with E-state index in [1.807, 2.05) is 12.1 Å². The minimum atomic E-state index is -4.67. The number of hydrogen-bond donors (Lipinski definition) is 1. The zero-order chi connectivity index (χ0) is 21.0. The number of hydrogen-bond acceptors (Lipinski definition) is 5. The van der Waals surface area contributed by atoms with Gasteiger partial charge in [-0.25, -0.2) is 9.50 Å². The van der Waals surface area contributed by atoms with E-state index in [2.05, 4.69) is 20.6 Å². The quantitative estimate of drug-likeness (QED) is 0.536. The average Bonchev–Trinajstić information content (AvgIpc) is 3.30. The highest BCUT2D eigenvalue weighted by atomic mass is 19.4. The van der Waals surface area contributed by atoms with Crippen molar-refractivity contribution in [2.45, 2.75) is 25.9 Å². The van der Waals surface area contributed by atoms with E-state index in [0.717, 1.165) is 5.56 Å². The fourth-order valence-corrected chi connectivity index (χ4v) is 3.73. The first-order valence-corrected chi connectivity index (χ1v) is 9.14. The van der Waals surface area contributed by atoms with Crippen LogP contribution in [0.2, 0.25) is 0 Å². The van der Waals surface area contributed by atoms with E-state index in [0.29, 0.717) is 22.3 Å². The van der Waals surface area contributed by atoms with E-state index in [1.165, 1.54) is 12.1 Å². The second-order valence-corrected chi connectivity index (χ2v) is 7.02. The number of aryl methyl sites for hydroxylation is 2. The molecule has 0 saturated carbocycles. The van der Waals surface area contributed by atoms with Gasteiger partial charge in [-0.15, -0.1) is 0 Å². The van der Waals surface area contributed by atoms with Crippen LogP contribution in [0.25, 0.3) is 16.9 Å². The molecule has 0 unspecified atom stereocenters. The van der Waals surface area contributed by atoms with E-state index >= 15 is 0 Å². The zero-order valence-corrected chi connectivity index (χ0v) is 15.6. The summed E-state index contributed by atoms with van der Waals surface area (Å²) in [6.45, 7) is 1.65. The Labute approximate surface area is 167 Å². The fourth-order valence-electron chi connectivity index (χ4n) is 3.73. The van der Waals surface area contributed by atoms with Gasteiger partial charge in [0.05, 0.1) is 5.69 Å². The highest BCUT2D eigenvalue weighted by Gasteiger charge is 2.40. The Kier molecular flexibility index (Phi) is 3.92. The Morgan fingerprint density at radius 2 is 2.00 bits per heavy atom. The van der Waals surface area contributed by atoms with Gasteiger partial charge in [0.2, 0.25) is 0 Å². The minimum absolute atomic E-state index is 0.0562. The van der Waals surface area contributed by atoms with Crippen molar-refractivity contribution in [3.05, 3.63) is 64.7 Å². The van der Waals surface area contributed by atoms with Crippen LogP contribution in [0.15, 0.2) is 40.9 Å². The summed E-state index contributed by atoms with van der Waals surface area (Å²) < 4.78 is 47.7. The third-order valence-electron chi connectivity index (χ3n) is 4.99. The number of fused-ring (bicyclic) bond motifs is 4. The predicted molar refractivity (Wildman–Crippen MR) is 100 cm³/mol. The molecule has 1 N–H and O–H groups in total. The van der Waals surface area contributed by atoms with Gasteiger partial charge in [-0.05, 0) is 25.3 Å². The zero-order valence-electron chi connectivity index (χ0n) is 15.6. The van der Waals surface area contributed by atoms with Crippen LogP contribution < -0.4 is 5.32 Å². The van der Waals surface area contributed by atoms with Crippen molar-refractivity contribution in [3.8, 4) is 11.3 Å². The Bertz CT molecular complexity index is 1310. The van der Waals surface area contributed by atoms with Crippen molar-refractivity contribution in [1.82, 2.24) is 19.8 Å². The molecule has 1 amide bonds. The van der Waals surface area contributed by atoms with Gasteiger partial charge in [-0.2, -0.15) is 18.3 Å². The molecule has 30 heavy (non-hydrogen) atoms. The Hall–Kier alpha value is -3.69. The smallest absolute Gasteiger partial charge is 0.360 e. The number of carbonyl (C=O) groups is 1. The van der Waals surface area contributed by atoms with E-state index < -0.39 is 17.8 Å². The molecule has 0 bridgehead atoms. The topological polar surface area (TPSA) is 85.3 Å². The number of nitrogens with one attached hydrogen (secondary N) is 1. The lowest BCUT2D eigenvalue weighted by molar-refractivity contribution is -0.143. The second-order valence-electron chi connectivity index (χ2n) is 7.02. The number of halogens is 3. The lowest BCUT2D eigenvalue weighted by Gasteiger charge is -2.23. The molecular formula is C20H14F3N5O2. The van der Waals surface area contributed by atoms with Crippen molar-refractivity contribution < 1.29 is 22.5 Å². The molecule has 0 saturated heterocycles. The normalized spacial score (nSPS) is 13.2. The lowest BCUT2D eigenvalue weighted by Crippen LogP contribution is -2.21. The summed E-state index contributed by atoms with van der Waals surface area (Å²) in [7, 11) is 0. The minimum Gasteiger partial charge on any atom is -0.360 e. The van der Waals surface area contributed by atoms with E-state index in [9.17, 15) is 18.0 Å². The van der Waals surface area contributed by atoms with Gasteiger partial charge in [0, 0.05) is 23.3 Å². The standard InChI is InChI=1S/C20H14F3N5O2/c1-10-8-15(27-30-10)24-19(29)14-9-16-25-17-12-5-3-2-4-11(12)6-7-13(17)18(20(21,22)23)28(16)26-14/h2-5,8-9H,6-7H2,1H3,(H,24,27,29). The molecule has 0 spiro atoms. The molecule has 3 aromatic heterocycles. The number of benzene rings is 1. The summed E-state index contributed by atoms with van der Waals surface area (Å²) in [5.41, 5.74) is 0.786. The van der Waals surface area contributed by atoms with Crippen LogP contribution >= 0.6 is 0 Å². The largest absolute Gasteiger partial charge is 0.433 e. The van der Waals surface area contributed by atoms with Crippen LogP contribution in [0.1, 0.15) is 33.1 Å². The molecule has 1 aliphatic rings. The first kappa shape index (κ1) is 18.3. The number of alkyl halides is 3. The van der Waals surface area contributed by atoms with Gasteiger partial charge in [-0.1, -0.05) is 29.4 Å². The van der Waals surface area contributed by atoms with Crippen molar-refractivity contribution in [3.63, 3.8) is 0 Å². The first-order chi connectivity index (χ1) is 14.3. The molecule has 1 aromatic carbocycles. The molecule has 7 nitrogen and oxygen atoms in total. The van der Waals surface area contributed by atoms with Gasteiger partial charge in [-0.3, -0.25) is 4.79 Å². The SMILES string of the molecule is Cc1cc(NC(=O)c2cc3nc4c(c(C(F)(F)F)n3n2)CCc2ccccc2-4)no1. The summed E-state index contributed by atoms with van der Waals surface area (Å²) in [6, 6.07) is 9.97. The van der Waals surface area contributed by atoms with E-state index in [1.54, 1.807) is 19.1 Å². The molecule has 3 heterocycles.